The topological polar surface area (TPSA) is 71.3 Å². The Bertz CT molecular complexity index is 721. The molecule has 0 aromatic heterocycles. The number of aryl methyl sites for hydroxylation is 1. The molecule has 0 bridgehead atoms. The number of nitrogens with zero attached hydrogens (tertiary/aromatic N) is 1. The van der Waals surface area contributed by atoms with Crippen LogP contribution in [0, 0.1) is 6.92 Å². The first-order valence-corrected chi connectivity index (χ1v) is 7.01. The number of aliphatic imine (C=N–C) groups is 1. The van der Waals surface area contributed by atoms with Crippen LogP contribution < -0.4 is 9.47 Å². The molecular formula is C18H19NO4. The summed E-state index contributed by atoms with van der Waals surface area (Å²) in [5.41, 5.74) is 2.13. The van der Waals surface area contributed by atoms with Crippen LogP contribution in [0.15, 0.2) is 53.7 Å². The summed E-state index contributed by atoms with van der Waals surface area (Å²) >= 11 is 0. The molecule has 0 aliphatic heterocycles. The van der Waals surface area contributed by atoms with E-state index in [0.717, 1.165) is 17.0 Å². The first kappa shape index (κ1) is 16.6. The molecule has 120 valence electrons. The number of aromatic hydroxyl groups is 1. The van der Waals surface area contributed by atoms with Gasteiger partial charge in [0.05, 0.1) is 12.8 Å². The average molecular weight is 313 g/mol. The lowest BCUT2D eigenvalue weighted by molar-refractivity contribution is 0.259. The Morgan fingerprint density at radius 2 is 1.96 bits per heavy atom. The maximum atomic E-state index is 10.3. The molecule has 2 rings (SSSR count). The van der Waals surface area contributed by atoms with Gasteiger partial charge >= 0.3 is 0 Å². The third-order valence-electron chi connectivity index (χ3n) is 3.10. The lowest BCUT2D eigenvalue weighted by Crippen LogP contribution is -1.99. The molecule has 2 aromatic rings. The molecule has 0 spiro atoms. The van der Waals surface area contributed by atoms with E-state index in [1.807, 2.05) is 31.2 Å². The molecular weight excluding hydrogens is 294 g/mol. The second kappa shape index (κ2) is 7.47. The minimum Gasteiger partial charge on any atom is -0.504 e. The summed E-state index contributed by atoms with van der Waals surface area (Å²) in [5, 5.41) is 19.2. The van der Waals surface area contributed by atoms with Crippen LogP contribution in [-0.4, -0.2) is 30.1 Å². The van der Waals surface area contributed by atoms with Gasteiger partial charge in [0.1, 0.15) is 18.1 Å². The maximum Gasteiger partial charge on any atom is 0.169 e. The zero-order chi connectivity index (χ0) is 16.8. The summed E-state index contributed by atoms with van der Waals surface area (Å²) in [4.78, 5) is 4.33. The largest absolute Gasteiger partial charge is 0.504 e. The Morgan fingerprint density at radius 1 is 1.26 bits per heavy atom. The number of phenolic OH excluding ortho intramolecular Hbond substituents is 1. The quantitative estimate of drug-likeness (QED) is 0.634. The predicted molar refractivity (Wildman–Crippen MR) is 89.9 cm³/mol. The SMILES string of the molecule is C=C(CO)Oc1cc(C)cc(C=Nc2ccc(OC)cc2)c1O. The fraction of sp³-hybridized carbons (Fsp3) is 0.167. The highest BCUT2D eigenvalue weighted by molar-refractivity contribution is 5.87. The summed E-state index contributed by atoms with van der Waals surface area (Å²) in [6.07, 6.45) is 1.55. The first-order chi connectivity index (χ1) is 11.0. The lowest BCUT2D eigenvalue weighted by Gasteiger charge is -2.11. The predicted octanol–water partition coefficient (Wildman–Crippen LogP) is 3.34. The Morgan fingerprint density at radius 3 is 2.57 bits per heavy atom. The second-order valence-corrected chi connectivity index (χ2v) is 4.96. The molecule has 0 aliphatic rings. The first-order valence-electron chi connectivity index (χ1n) is 7.01. The number of ether oxygens (including phenoxy) is 2. The molecule has 0 saturated heterocycles. The second-order valence-electron chi connectivity index (χ2n) is 4.96. The molecule has 0 amide bonds. The molecule has 5 heteroatoms. The van der Waals surface area contributed by atoms with Crippen molar-refractivity contribution in [2.24, 2.45) is 4.99 Å². The van der Waals surface area contributed by atoms with Crippen LogP contribution in [0.5, 0.6) is 17.2 Å². The van der Waals surface area contributed by atoms with Crippen molar-refractivity contribution >= 4 is 11.9 Å². The highest BCUT2D eigenvalue weighted by Gasteiger charge is 2.10. The van der Waals surface area contributed by atoms with Crippen LogP contribution in [0.1, 0.15) is 11.1 Å². The molecule has 23 heavy (non-hydrogen) atoms. The molecule has 0 atom stereocenters. The van der Waals surface area contributed by atoms with E-state index in [9.17, 15) is 5.11 Å². The number of hydrogen-bond donors (Lipinski definition) is 2. The Hall–Kier alpha value is -2.79. The van der Waals surface area contributed by atoms with E-state index in [2.05, 4.69) is 11.6 Å². The fourth-order valence-corrected chi connectivity index (χ4v) is 1.95. The number of methoxy groups -OCH3 is 1. The standard InChI is InChI=1S/C18H19NO4/c1-12-8-14(18(21)17(9-12)23-13(2)11-20)10-19-15-4-6-16(22-3)7-5-15/h4-10,20-21H,2,11H2,1,3H3. The molecule has 0 radical (unpaired) electrons. The van der Waals surface area contributed by atoms with Crippen LogP contribution in [0.25, 0.3) is 0 Å². The van der Waals surface area contributed by atoms with Crippen LogP contribution in [0.2, 0.25) is 0 Å². The molecule has 0 saturated carbocycles. The van der Waals surface area contributed by atoms with E-state index in [1.165, 1.54) is 0 Å². The van der Waals surface area contributed by atoms with Gasteiger partial charge < -0.3 is 19.7 Å². The van der Waals surface area contributed by atoms with Crippen molar-refractivity contribution in [3.63, 3.8) is 0 Å². The van der Waals surface area contributed by atoms with Gasteiger partial charge in [-0.3, -0.25) is 4.99 Å². The lowest BCUT2D eigenvalue weighted by atomic mass is 10.1. The fourth-order valence-electron chi connectivity index (χ4n) is 1.95. The van der Waals surface area contributed by atoms with Gasteiger partial charge in [0.15, 0.2) is 11.5 Å². The van der Waals surface area contributed by atoms with Crippen molar-refractivity contribution in [3.8, 4) is 17.2 Å². The van der Waals surface area contributed by atoms with Gasteiger partial charge in [0.2, 0.25) is 0 Å². The maximum absolute atomic E-state index is 10.3. The molecule has 0 heterocycles. The summed E-state index contributed by atoms with van der Waals surface area (Å²) < 4.78 is 10.4. The number of benzene rings is 2. The molecule has 0 fully saturated rings. The van der Waals surface area contributed by atoms with Crippen molar-refractivity contribution in [2.45, 2.75) is 6.92 Å². The molecule has 2 aromatic carbocycles. The molecule has 5 nitrogen and oxygen atoms in total. The number of rotatable bonds is 6. The van der Waals surface area contributed by atoms with Crippen molar-refractivity contribution < 1.29 is 19.7 Å². The van der Waals surface area contributed by atoms with Crippen LogP contribution in [0.3, 0.4) is 0 Å². The minimum absolute atomic E-state index is 0.0533. The van der Waals surface area contributed by atoms with E-state index in [-0.39, 0.29) is 23.9 Å². The third kappa shape index (κ3) is 4.34. The number of hydrogen-bond acceptors (Lipinski definition) is 5. The van der Waals surface area contributed by atoms with E-state index in [0.29, 0.717) is 5.56 Å². The summed E-state index contributed by atoms with van der Waals surface area (Å²) in [6, 6.07) is 10.7. The van der Waals surface area contributed by atoms with E-state index < -0.39 is 0 Å². The van der Waals surface area contributed by atoms with Gasteiger partial charge in [0, 0.05) is 11.8 Å². The van der Waals surface area contributed by atoms with Gasteiger partial charge in [-0.2, -0.15) is 0 Å². The highest BCUT2D eigenvalue weighted by atomic mass is 16.5. The van der Waals surface area contributed by atoms with Gasteiger partial charge in [-0.15, -0.1) is 0 Å². The minimum atomic E-state index is -0.317. The van der Waals surface area contributed by atoms with E-state index in [4.69, 9.17) is 14.6 Å². The smallest absolute Gasteiger partial charge is 0.169 e. The molecule has 0 aliphatic carbocycles. The van der Waals surface area contributed by atoms with Crippen molar-refractivity contribution in [2.75, 3.05) is 13.7 Å². The zero-order valence-corrected chi connectivity index (χ0v) is 13.1. The van der Waals surface area contributed by atoms with Crippen molar-refractivity contribution in [1.82, 2.24) is 0 Å². The number of phenols is 1. The van der Waals surface area contributed by atoms with Crippen LogP contribution >= 0.6 is 0 Å². The zero-order valence-electron chi connectivity index (χ0n) is 13.1. The van der Waals surface area contributed by atoms with Gasteiger partial charge in [0.25, 0.3) is 0 Å². The van der Waals surface area contributed by atoms with Gasteiger partial charge in [-0.05, 0) is 48.9 Å². The summed E-state index contributed by atoms with van der Waals surface area (Å²) in [6.45, 7) is 5.11. The van der Waals surface area contributed by atoms with Gasteiger partial charge in [-0.1, -0.05) is 6.58 Å². The highest BCUT2D eigenvalue weighted by Crippen LogP contribution is 2.32. The summed E-state index contributed by atoms with van der Waals surface area (Å²) in [7, 11) is 1.60. The molecule has 2 N–H and O–H groups in total. The van der Waals surface area contributed by atoms with Crippen LogP contribution in [-0.2, 0) is 0 Å². The number of aliphatic hydroxyl groups is 1. The Labute approximate surface area is 135 Å². The van der Waals surface area contributed by atoms with Crippen molar-refractivity contribution in [1.29, 1.82) is 0 Å². The van der Waals surface area contributed by atoms with Gasteiger partial charge in [-0.25, -0.2) is 0 Å². The van der Waals surface area contributed by atoms with E-state index in [1.54, 1.807) is 25.5 Å². The Balaban J connectivity index is 2.27. The van der Waals surface area contributed by atoms with Crippen LogP contribution in [0.4, 0.5) is 5.69 Å². The van der Waals surface area contributed by atoms with Crippen molar-refractivity contribution in [3.05, 3.63) is 59.9 Å². The monoisotopic (exact) mass is 313 g/mol. The Kier molecular flexibility index (Phi) is 5.38. The normalized spacial score (nSPS) is 10.7. The average Bonchev–Trinajstić information content (AvgIpc) is 2.56. The third-order valence-corrected chi connectivity index (χ3v) is 3.10. The molecule has 0 unspecified atom stereocenters. The summed E-state index contributed by atoms with van der Waals surface area (Å²) in [5.74, 6) is 1.09. The van der Waals surface area contributed by atoms with E-state index >= 15 is 0 Å². The number of aliphatic hydroxyl groups excluding tert-OH is 1.